The van der Waals surface area contributed by atoms with Crippen LogP contribution in [-0.2, 0) is 25.5 Å². The molecule has 1 aliphatic carbocycles. The average molecular weight is 403 g/mol. The number of carbonyl (C=O) groups excluding carboxylic acids is 3. The molecule has 148 valence electrons. The van der Waals surface area contributed by atoms with Crippen molar-refractivity contribution in [2.45, 2.75) is 25.7 Å². The molecule has 0 radical (unpaired) electrons. The number of thiophene rings is 1. The number of benzene rings is 1. The highest BCUT2D eigenvalue weighted by Gasteiger charge is 2.38. The molecule has 1 aromatic carbocycles. The Balaban J connectivity index is 1.80. The normalized spacial score (nSPS) is 14.9. The second-order valence-corrected chi connectivity index (χ2v) is 7.46. The Hall–Kier alpha value is -2.87. The van der Waals surface area contributed by atoms with Gasteiger partial charge in [-0.15, -0.1) is 11.3 Å². The first-order valence-electron chi connectivity index (χ1n) is 8.76. The average Bonchev–Trinajstić information content (AvgIpc) is 3.24. The largest absolute Gasteiger partial charge is 0.483 e. The van der Waals surface area contributed by atoms with Crippen LogP contribution in [0.5, 0.6) is 5.75 Å². The molecular weight excluding hydrogens is 382 g/mol. The minimum Gasteiger partial charge on any atom is -0.483 e. The predicted octanol–water partition coefficient (Wildman–Crippen LogP) is 3.06. The van der Waals surface area contributed by atoms with Crippen LogP contribution in [0, 0.1) is 6.92 Å². The summed E-state index contributed by atoms with van der Waals surface area (Å²) >= 11 is 1.28. The third-order valence-electron chi connectivity index (χ3n) is 4.61. The van der Waals surface area contributed by atoms with Gasteiger partial charge in [-0.05, 0) is 37.0 Å². The number of hydrogen-bond donors (Lipinski definition) is 1. The molecule has 1 aromatic heterocycles. The van der Waals surface area contributed by atoms with Crippen LogP contribution >= 0.6 is 11.3 Å². The number of nitrogens with one attached hydrogen (secondary N) is 1. The summed E-state index contributed by atoms with van der Waals surface area (Å²) in [5, 5.41) is 3.09. The maximum absolute atomic E-state index is 12.4. The van der Waals surface area contributed by atoms with Crippen LogP contribution in [0.1, 0.15) is 38.7 Å². The van der Waals surface area contributed by atoms with Crippen molar-refractivity contribution >= 4 is 34.2 Å². The molecule has 0 saturated carbocycles. The fourth-order valence-electron chi connectivity index (χ4n) is 3.26. The Morgan fingerprint density at radius 3 is 2.61 bits per heavy atom. The molecule has 1 amide bonds. The second kappa shape index (κ2) is 8.43. The van der Waals surface area contributed by atoms with Gasteiger partial charge in [0.25, 0.3) is 5.91 Å². The van der Waals surface area contributed by atoms with Crippen LogP contribution in [0.4, 0.5) is 5.00 Å². The Bertz CT molecular complexity index is 919. The molecule has 8 heteroatoms. The Morgan fingerprint density at radius 2 is 1.93 bits per heavy atom. The lowest BCUT2D eigenvalue weighted by Gasteiger charge is -2.12. The van der Waals surface area contributed by atoms with E-state index in [-0.39, 0.29) is 12.2 Å². The summed E-state index contributed by atoms with van der Waals surface area (Å²) in [6.45, 7) is 1.69. The summed E-state index contributed by atoms with van der Waals surface area (Å²) in [7, 11) is 2.58. The lowest BCUT2D eigenvalue weighted by atomic mass is 9.99. The van der Waals surface area contributed by atoms with Crippen molar-refractivity contribution in [3.8, 4) is 5.75 Å². The molecule has 1 heterocycles. The van der Waals surface area contributed by atoms with Crippen molar-refractivity contribution < 1.29 is 28.6 Å². The van der Waals surface area contributed by atoms with Crippen molar-refractivity contribution in [2.24, 2.45) is 0 Å². The highest BCUT2D eigenvalue weighted by atomic mass is 32.1. The van der Waals surface area contributed by atoms with Gasteiger partial charge in [-0.25, -0.2) is 4.79 Å². The number of hydrogen-bond acceptors (Lipinski definition) is 7. The van der Waals surface area contributed by atoms with Gasteiger partial charge in [0.2, 0.25) is 0 Å². The third kappa shape index (κ3) is 3.87. The van der Waals surface area contributed by atoms with E-state index in [1.54, 1.807) is 6.07 Å². The lowest BCUT2D eigenvalue weighted by molar-refractivity contribution is -0.142. The zero-order chi connectivity index (χ0) is 20.3. The summed E-state index contributed by atoms with van der Waals surface area (Å²) in [5.41, 5.74) is 1.74. The van der Waals surface area contributed by atoms with Crippen molar-refractivity contribution in [3.05, 3.63) is 45.8 Å². The Labute approximate surface area is 166 Å². The maximum Gasteiger partial charge on any atom is 0.341 e. The molecule has 0 saturated heterocycles. The fourth-order valence-corrected chi connectivity index (χ4v) is 4.54. The van der Waals surface area contributed by atoms with Crippen LogP contribution in [-0.4, -0.2) is 38.7 Å². The van der Waals surface area contributed by atoms with E-state index in [1.165, 1.54) is 25.6 Å². The van der Waals surface area contributed by atoms with E-state index in [1.807, 2.05) is 25.1 Å². The summed E-state index contributed by atoms with van der Waals surface area (Å²) in [6.07, 6.45) is 1.21. The number of rotatable bonds is 6. The zero-order valence-electron chi connectivity index (χ0n) is 15.9. The molecule has 0 fully saturated rings. The molecule has 28 heavy (non-hydrogen) atoms. The monoisotopic (exact) mass is 403 g/mol. The van der Waals surface area contributed by atoms with Gasteiger partial charge in [0.05, 0.1) is 25.7 Å². The van der Waals surface area contributed by atoms with Crippen LogP contribution in [0.2, 0.25) is 0 Å². The van der Waals surface area contributed by atoms with Crippen molar-refractivity contribution in [3.63, 3.8) is 0 Å². The van der Waals surface area contributed by atoms with Crippen LogP contribution in [0.25, 0.3) is 0 Å². The molecule has 0 spiro atoms. The first-order valence-corrected chi connectivity index (χ1v) is 9.57. The van der Waals surface area contributed by atoms with Gasteiger partial charge in [-0.1, -0.05) is 18.2 Å². The van der Waals surface area contributed by atoms with Crippen molar-refractivity contribution in [1.29, 1.82) is 0 Å². The zero-order valence-corrected chi connectivity index (χ0v) is 16.7. The topological polar surface area (TPSA) is 90.9 Å². The van der Waals surface area contributed by atoms with E-state index in [0.717, 1.165) is 10.4 Å². The van der Waals surface area contributed by atoms with Gasteiger partial charge in [-0.2, -0.15) is 0 Å². The summed E-state index contributed by atoms with van der Waals surface area (Å²) in [4.78, 5) is 37.7. The maximum atomic E-state index is 12.4. The van der Waals surface area contributed by atoms with E-state index < -0.39 is 23.8 Å². The van der Waals surface area contributed by atoms with Gasteiger partial charge < -0.3 is 19.5 Å². The quantitative estimate of drug-likeness (QED) is 0.746. The number of esters is 2. The number of methoxy groups -OCH3 is 2. The van der Waals surface area contributed by atoms with Crippen molar-refractivity contribution in [2.75, 3.05) is 26.1 Å². The molecule has 0 bridgehead atoms. The fraction of sp³-hybridized carbons (Fsp3) is 0.350. The third-order valence-corrected chi connectivity index (χ3v) is 5.79. The number of ether oxygens (including phenoxy) is 3. The number of anilines is 1. The lowest BCUT2D eigenvalue weighted by Crippen LogP contribution is -2.22. The van der Waals surface area contributed by atoms with E-state index in [4.69, 9.17) is 14.2 Å². The van der Waals surface area contributed by atoms with E-state index >= 15 is 0 Å². The Morgan fingerprint density at radius 1 is 1.18 bits per heavy atom. The van der Waals surface area contributed by atoms with E-state index in [2.05, 4.69) is 5.32 Å². The van der Waals surface area contributed by atoms with Gasteiger partial charge in [-0.3, -0.25) is 9.59 Å². The minimum atomic E-state index is -0.594. The number of aryl methyl sites for hydroxylation is 2. The molecule has 1 aliphatic rings. The molecule has 1 N–H and O–H groups in total. The smallest absolute Gasteiger partial charge is 0.341 e. The van der Waals surface area contributed by atoms with E-state index in [0.29, 0.717) is 29.2 Å². The van der Waals surface area contributed by atoms with Crippen LogP contribution in [0.15, 0.2) is 24.3 Å². The van der Waals surface area contributed by atoms with Gasteiger partial charge >= 0.3 is 11.9 Å². The number of para-hydroxylation sites is 1. The predicted molar refractivity (Wildman–Crippen MR) is 104 cm³/mol. The standard InChI is InChI=1S/C20H21NO6S/c1-11-6-4-5-7-13(11)27-10-15(22)21-18-17(20(24)26-3)16-12(19(23)25-2)8-9-14(16)28-18/h4-7,12H,8-10H2,1-3H3,(H,21,22)/t12-/m0/s1. The first kappa shape index (κ1) is 19.9. The number of amides is 1. The molecule has 0 unspecified atom stereocenters. The molecule has 3 rings (SSSR count). The highest BCUT2D eigenvalue weighted by molar-refractivity contribution is 7.17. The first-order chi connectivity index (χ1) is 13.5. The van der Waals surface area contributed by atoms with Gasteiger partial charge in [0, 0.05) is 4.88 Å². The summed E-state index contributed by atoms with van der Waals surface area (Å²) in [5.74, 6) is -1.31. The van der Waals surface area contributed by atoms with Crippen LogP contribution < -0.4 is 10.1 Å². The minimum absolute atomic E-state index is 0.200. The molecule has 1 atom stereocenters. The second-order valence-electron chi connectivity index (χ2n) is 6.35. The van der Waals surface area contributed by atoms with Crippen LogP contribution in [0.3, 0.4) is 0 Å². The van der Waals surface area contributed by atoms with Gasteiger partial charge in [0.15, 0.2) is 6.61 Å². The highest BCUT2D eigenvalue weighted by Crippen LogP contribution is 2.45. The van der Waals surface area contributed by atoms with Crippen molar-refractivity contribution in [1.82, 2.24) is 0 Å². The Kier molecular flexibility index (Phi) is 5.99. The molecule has 0 aliphatic heterocycles. The number of fused-ring (bicyclic) bond motifs is 1. The molecule has 7 nitrogen and oxygen atoms in total. The number of carbonyl (C=O) groups is 3. The molecular formula is C20H21NO6S. The SMILES string of the molecule is COC(=O)c1c(NC(=O)COc2ccccc2C)sc2c1[C@@H](C(=O)OC)CC2. The summed E-state index contributed by atoms with van der Waals surface area (Å²) in [6, 6.07) is 7.38. The summed E-state index contributed by atoms with van der Waals surface area (Å²) < 4.78 is 15.3. The van der Waals surface area contributed by atoms with E-state index in [9.17, 15) is 14.4 Å². The van der Waals surface area contributed by atoms with Gasteiger partial charge in [0.1, 0.15) is 10.8 Å². The molecule has 2 aromatic rings.